The lowest BCUT2D eigenvalue weighted by atomic mass is 10.2. The number of halogens is 1. The molecule has 0 bridgehead atoms. The van der Waals surface area contributed by atoms with Crippen molar-refractivity contribution in [2.45, 2.75) is 26.4 Å². The number of alkyl halides is 1. The average Bonchev–Trinajstić information content (AvgIpc) is 2.19. The molecule has 0 spiro atoms. The van der Waals surface area contributed by atoms with Crippen molar-refractivity contribution in [1.29, 1.82) is 0 Å². The van der Waals surface area contributed by atoms with Crippen LogP contribution >= 0.6 is 15.9 Å². The molecule has 0 aliphatic carbocycles. The van der Waals surface area contributed by atoms with Crippen LogP contribution in [0.1, 0.15) is 19.4 Å². The lowest BCUT2D eigenvalue weighted by molar-refractivity contribution is 0.248. The van der Waals surface area contributed by atoms with Crippen LogP contribution in [0.25, 0.3) is 0 Å². The highest BCUT2D eigenvalue weighted by Gasteiger charge is 2.00. The first-order valence-corrected chi connectivity index (χ1v) is 5.70. The molecule has 0 aliphatic rings. The zero-order valence-electron chi connectivity index (χ0n) is 8.09. The van der Waals surface area contributed by atoms with Crippen LogP contribution in [0.2, 0.25) is 0 Å². The van der Waals surface area contributed by atoms with E-state index in [1.807, 2.05) is 19.1 Å². The molecule has 1 rings (SSSR count). The van der Waals surface area contributed by atoms with E-state index in [0.717, 1.165) is 17.5 Å². The molecule has 0 radical (unpaired) electrons. The fourth-order valence-corrected chi connectivity index (χ4v) is 1.20. The lowest BCUT2D eigenvalue weighted by Crippen LogP contribution is -2.12. The Balaban J connectivity index is 2.58. The second kappa shape index (κ2) is 5.28. The third-order valence-electron chi connectivity index (χ3n) is 1.89. The van der Waals surface area contributed by atoms with Crippen LogP contribution in [0.5, 0.6) is 5.75 Å². The fourth-order valence-electron chi connectivity index (χ4n) is 1.07. The quantitative estimate of drug-likeness (QED) is 0.736. The topological polar surface area (TPSA) is 9.23 Å². The molecular formula is C11H15BrO. The van der Waals surface area contributed by atoms with Crippen LogP contribution in [-0.4, -0.2) is 11.4 Å². The zero-order chi connectivity index (χ0) is 9.68. The minimum Gasteiger partial charge on any atom is -0.490 e. The van der Waals surface area contributed by atoms with Gasteiger partial charge in [0.05, 0.1) is 0 Å². The van der Waals surface area contributed by atoms with Crippen molar-refractivity contribution in [3.8, 4) is 5.75 Å². The molecule has 0 amide bonds. The molecule has 0 aromatic heterocycles. The first-order chi connectivity index (χ1) is 6.26. The van der Waals surface area contributed by atoms with Crippen LogP contribution in [0, 0.1) is 0 Å². The second-order valence-corrected chi connectivity index (χ2v) is 3.73. The van der Waals surface area contributed by atoms with Gasteiger partial charge in [-0.1, -0.05) is 35.0 Å². The highest BCUT2D eigenvalue weighted by molar-refractivity contribution is 9.09. The Morgan fingerprint density at radius 3 is 2.38 bits per heavy atom. The van der Waals surface area contributed by atoms with E-state index >= 15 is 0 Å². The lowest BCUT2D eigenvalue weighted by Gasteiger charge is -2.11. The zero-order valence-corrected chi connectivity index (χ0v) is 9.67. The van der Waals surface area contributed by atoms with Crippen LogP contribution in [-0.2, 0) is 6.42 Å². The largest absolute Gasteiger partial charge is 0.490 e. The van der Waals surface area contributed by atoms with Crippen LogP contribution in [0.3, 0.4) is 0 Å². The molecule has 0 saturated heterocycles. The Labute approximate surface area is 88.2 Å². The highest BCUT2D eigenvalue weighted by atomic mass is 79.9. The first kappa shape index (κ1) is 10.6. The van der Waals surface area contributed by atoms with Crippen LogP contribution < -0.4 is 4.74 Å². The minimum atomic E-state index is 0.229. The van der Waals surface area contributed by atoms with Gasteiger partial charge < -0.3 is 4.74 Å². The number of benzene rings is 1. The normalized spacial score (nSPS) is 12.5. The minimum absolute atomic E-state index is 0.229. The molecule has 0 heterocycles. The highest BCUT2D eigenvalue weighted by Crippen LogP contribution is 2.14. The number of rotatable bonds is 4. The number of ether oxygens (including phenoxy) is 1. The summed E-state index contributed by atoms with van der Waals surface area (Å²) in [6.07, 6.45) is 1.31. The van der Waals surface area contributed by atoms with Gasteiger partial charge in [0, 0.05) is 5.33 Å². The van der Waals surface area contributed by atoms with Gasteiger partial charge in [0.1, 0.15) is 11.9 Å². The van der Waals surface area contributed by atoms with E-state index in [1.54, 1.807) is 0 Å². The van der Waals surface area contributed by atoms with Gasteiger partial charge in [-0.2, -0.15) is 0 Å². The molecule has 13 heavy (non-hydrogen) atoms. The van der Waals surface area contributed by atoms with Gasteiger partial charge in [-0.25, -0.2) is 0 Å². The molecule has 0 N–H and O–H groups in total. The summed E-state index contributed by atoms with van der Waals surface area (Å²) in [6.45, 7) is 4.19. The maximum Gasteiger partial charge on any atom is 0.119 e. The van der Waals surface area contributed by atoms with Crippen molar-refractivity contribution < 1.29 is 4.74 Å². The average molecular weight is 243 g/mol. The summed E-state index contributed by atoms with van der Waals surface area (Å²) >= 11 is 3.38. The molecule has 0 aliphatic heterocycles. The summed E-state index contributed by atoms with van der Waals surface area (Å²) in [5.41, 5.74) is 1.35. The van der Waals surface area contributed by atoms with E-state index in [4.69, 9.17) is 4.74 Å². The smallest absolute Gasteiger partial charge is 0.119 e. The maximum atomic E-state index is 5.62. The van der Waals surface area contributed by atoms with E-state index in [9.17, 15) is 0 Å². The summed E-state index contributed by atoms with van der Waals surface area (Å²) in [4.78, 5) is 0. The predicted octanol–water partition coefficient (Wildman–Crippen LogP) is 3.41. The summed E-state index contributed by atoms with van der Waals surface area (Å²) in [5.74, 6) is 0.948. The molecule has 1 nitrogen and oxygen atoms in total. The summed E-state index contributed by atoms with van der Waals surface area (Å²) in [5, 5.41) is 0.864. The number of hydrogen-bond acceptors (Lipinski definition) is 1. The molecular weight excluding hydrogens is 228 g/mol. The Kier molecular flexibility index (Phi) is 4.29. The Hall–Kier alpha value is -0.500. The van der Waals surface area contributed by atoms with E-state index in [2.05, 4.69) is 35.0 Å². The van der Waals surface area contributed by atoms with E-state index in [1.165, 1.54) is 5.56 Å². The third kappa shape index (κ3) is 3.39. The summed E-state index contributed by atoms with van der Waals surface area (Å²) in [6, 6.07) is 8.27. The fraction of sp³-hybridized carbons (Fsp3) is 0.455. The van der Waals surface area contributed by atoms with Crippen molar-refractivity contribution in [3.05, 3.63) is 29.8 Å². The number of aryl methyl sites for hydroxylation is 1. The van der Waals surface area contributed by atoms with Gasteiger partial charge >= 0.3 is 0 Å². The van der Waals surface area contributed by atoms with Crippen molar-refractivity contribution in [2.75, 3.05) is 5.33 Å². The molecule has 0 unspecified atom stereocenters. The molecule has 2 heteroatoms. The van der Waals surface area contributed by atoms with Gasteiger partial charge in [-0.15, -0.1) is 0 Å². The Morgan fingerprint density at radius 1 is 1.31 bits per heavy atom. The van der Waals surface area contributed by atoms with Gasteiger partial charge in [0.25, 0.3) is 0 Å². The second-order valence-electron chi connectivity index (χ2n) is 3.08. The van der Waals surface area contributed by atoms with Crippen LogP contribution in [0.4, 0.5) is 0 Å². The molecule has 0 fully saturated rings. The molecule has 72 valence electrons. The number of hydrogen-bond donors (Lipinski definition) is 0. The molecule has 1 atom stereocenters. The standard InChI is InChI=1S/C11H15BrO/c1-3-10-4-6-11(7-5-10)13-9(2)8-12/h4-7,9H,3,8H2,1-2H3/t9-/m1/s1. The van der Waals surface area contributed by atoms with Gasteiger partial charge in [0.2, 0.25) is 0 Å². The van der Waals surface area contributed by atoms with Crippen molar-refractivity contribution in [3.63, 3.8) is 0 Å². The van der Waals surface area contributed by atoms with Crippen molar-refractivity contribution in [2.24, 2.45) is 0 Å². The molecule has 1 aromatic rings. The monoisotopic (exact) mass is 242 g/mol. The Bertz CT molecular complexity index is 243. The predicted molar refractivity (Wildman–Crippen MR) is 59.7 cm³/mol. The van der Waals surface area contributed by atoms with E-state index < -0.39 is 0 Å². The summed E-state index contributed by atoms with van der Waals surface area (Å²) in [7, 11) is 0. The van der Waals surface area contributed by atoms with Crippen molar-refractivity contribution >= 4 is 15.9 Å². The van der Waals surface area contributed by atoms with E-state index in [0.29, 0.717) is 0 Å². The van der Waals surface area contributed by atoms with Gasteiger partial charge in [0.15, 0.2) is 0 Å². The van der Waals surface area contributed by atoms with E-state index in [-0.39, 0.29) is 6.10 Å². The van der Waals surface area contributed by atoms with Crippen LogP contribution in [0.15, 0.2) is 24.3 Å². The third-order valence-corrected chi connectivity index (χ3v) is 2.80. The van der Waals surface area contributed by atoms with Gasteiger partial charge in [-0.05, 0) is 31.0 Å². The molecule has 0 saturated carbocycles. The maximum absolute atomic E-state index is 5.62. The van der Waals surface area contributed by atoms with Gasteiger partial charge in [-0.3, -0.25) is 0 Å². The Morgan fingerprint density at radius 2 is 1.92 bits per heavy atom. The SMILES string of the molecule is CCc1ccc(O[C@H](C)CBr)cc1. The first-order valence-electron chi connectivity index (χ1n) is 4.57. The van der Waals surface area contributed by atoms with Crippen molar-refractivity contribution in [1.82, 2.24) is 0 Å². The summed E-state index contributed by atoms with van der Waals surface area (Å²) < 4.78 is 5.62. The molecule has 1 aromatic carbocycles.